The summed E-state index contributed by atoms with van der Waals surface area (Å²) in [6.45, 7) is 5.87. The van der Waals surface area contributed by atoms with Gasteiger partial charge in [-0.15, -0.1) is 0 Å². The molecule has 6 nitrogen and oxygen atoms in total. The van der Waals surface area contributed by atoms with E-state index in [1.807, 2.05) is 63.4 Å². The summed E-state index contributed by atoms with van der Waals surface area (Å²) in [6.07, 6.45) is 5.53. The molecule has 0 fully saturated rings. The molecule has 0 aliphatic rings. The first-order valence-electron chi connectivity index (χ1n) is 10.3. The highest BCUT2D eigenvalue weighted by Crippen LogP contribution is 2.18. The number of benzene rings is 1. The quantitative estimate of drug-likeness (QED) is 0.566. The van der Waals surface area contributed by atoms with E-state index in [-0.39, 0.29) is 5.78 Å². The highest BCUT2D eigenvalue weighted by molar-refractivity contribution is 5.82. The van der Waals surface area contributed by atoms with Gasteiger partial charge in [0.05, 0.1) is 0 Å². The third kappa shape index (κ3) is 6.17. The molecule has 0 unspecified atom stereocenters. The van der Waals surface area contributed by atoms with Crippen LogP contribution in [0, 0.1) is 0 Å². The maximum Gasteiger partial charge on any atom is 0.407 e. The molecule has 1 amide bonds. The van der Waals surface area contributed by atoms with Gasteiger partial charge < -0.3 is 15.0 Å². The van der Waals surface area contributed by atoms with Crippen LogP contribution in [0.3, 0.4) is 0 Å². The van der Waals surface area contributed by atoms with Crippen molar-refractivity contribution >= 4 is 22.9 Å². The number of alkyl carbamates (subject to hydrolysis) is 1. The number of ketones is 1. The Labute approximate surface area is 177 Å². The molecule has 6 heteroatoms. The maximum atomic E-state index is 12.5. The molecule has 158 valence electrons. The SMILES string of the molecule is CC(C)(C)OC(=O)NCc1ccccc1CCC(=O)CCc1ccnc2[nH]ccc12. The van der Waals surface area contributed by atoms with E-state index in [1.54, 1.807) is 6.20 Å². The Hall–Kier alpha value is -3.15. The van der Waals surface area contributed by atoms with Crippen molar-refractivity contribution < 1.29 is 14.3 Å². The first-order valence-corrected chi connectivity index (χ1v) is 10.3. The third-order valence-corrected chi connectivity index (χ3v) is 4.84. The van der Waals surface area contributed by atoms with Crippen molar-refractivity contribution in [2.75, 3.05) is 0 Å². The summed E-state index contributed by atoms with van der Waals surface area (Å²) in [5.74, 6) is 0.227. The van der Waals surface area contributed by atoms with Gasteiger partial charge in [-0.3, -0.25) is 4.79 Å². The van der Waals surface area contributed by atoms with Gasteiger partial charge in [0.1, 0.15) is 17.0 Å². The van der Waals surface area contributed by atoms with E-state index in [0.29, 0.717) is 32.2 Å². The van der Waals surface area contributed by atoms with E-state index in [2.05, 4.69) is 15.3 Å². The number of Topliss-reactive ketones (excluding diaryl/α,β-unsaturated/α-hetero) is 1. The molecule has 3 rings (SSSR count). The monoisotopic (exact) mass is 407 g/mol. The minimum atomic E-state index is -0.531. The molecule has 2 heterocycles. The van der Waals surface area contributed by atoms with Crippen molar-refractivity contribution in [1.29, 1.82) is 0 Å². The van der Waals surface area contributed by atoms with Gasteiger partial charge in [-0.05, 0) is 62.4 Å². The molecular formula is C24H29N3O3. The number of aryl methyl sites for hydroxylation is 2. The number of aromatic amines is 1. The number of aromatic nitrogens is 2. The van der Waals surface area contributed by atoms with Crippen molar-refractivity contribution in [3.8, 4) is 0 Å². The molecule has 2 N–H and O–H groups in total. The zero-order chi connectivity index (χ0) is 21.6. The topological polar surface area (TPSA) is 84.1 Å². The van der Waals surface area contributed by atoms with E-state index >= 15 is 0 Å². The highest BCUT2D eigenvalue weighted by Gasteiger charge is 2.16. The number of fused-ring (bicyclic) bond motifs is 1. The average Bonchev–Trinajstić information content (AvgIpc) is 3.18. The summed E-state index contributed by atoms with van der Waals surface area (Å²) in [5, 5.41) is 3.86. The molecular weight excluding hydrogens is 378 g/mol. The second kappa shape index (κ2) is 9.57. The van der Waals surface area contributed by atoms with E-state index in [9.17, 15) is 9.59 Å². The number of carbonyl (C=O) groups is 2. The molecule has 0 aliphatic heterocycles. The van der Waals surface area contributed by atoms with E-state index < -0.39 is 11.7 Å². The predicted molar refractivity (Wildman–Crippen MR) is 117 cm³/mol. The Balaban J connectivity index is 1.51. The molecule has 0 saturated heterocycles. The second-order valence-corrected chi connectivity index (χ2v) is 8.37. The molecule has 0 radical (unpaired) electrons. The minimum Gasteiger partial charge on any atom is -0.444 e. The summed E-state index contributed by atoms with van der Waals surface area (Å²) in [5.41, 5.74) is 3.53. The fraction of sp³-hybridized carbons (Fsp3) is 0.375. The first kappa shape index (κ1) is 21.6. The van der Waals surface area contributed by atoms with Crippen LogP contribution in [0.15, 0.2) is 48.8 Å². The van der Waals surface area contributed by atoms with Gasteiger partial charge in [0.25, 0.3) is 0 Å². The van der Waals surface area contributed by atoms with Gasteiger partial charge in [-0.25, -0.2) is 9.78 Å². The fourth-order valence-corrected chi connectivity index (χ4v) is 3.36. The first-order chi connectivity index (χ1) is 14.3. The summed E-state index contributed by atoms with van der Waals surface area (Å²) in [7, 11) is 0. The van der Waals surface area contributed by atoms with Gasteiger partial charge in [0.2, 0.25) is 0 Å². The predicted octanol–water partition coefficient (Wildman–Crippen LogP) is 4.72. The normalized spacial score (nSPS) is 11.4. The molecule has 0 spiro atoms. The molecule has 1 aromatic carbocycles. The Bertz CT molecular complexity index is 1020. The Morgan fingerprint density at radius 3 is 2.43 bits per heavy atom. The third-order valence-electron chi connectivity index (χ3n) is 4.84. The van der Waals surface area contributed by atoms with Crippen LogP contribution in [0.1, 0.15) is 50.3 Å². The van der Waals surface area contributed by atoms with E-state index in [1.165, 1.54) is 0 Å². The van der Waals surface area contributed by atoms with Gasteiger partial charge in [0, 0.05) is 37.2 Å². The number of carbonyl (C=O) groups excluding carboxylic acids is 2. The van der Waals surface area contributed by atoms with Crippen LogP contribution in [0.5, 0.6) is 0 Å². The Morgan fingerprint density at radius 1 is 1.00 bits per heavy atom. The van der Waals surface area contributed by atoms with Crippen LogP contribution >= 0.6 is 0 Å². The van der Waals surface area contributed by atoms with Crippen molar-refractivity contribution in [3.63, 3.8) is 0 Å². The summed E-state index contributed by atoms with van der Waals surface area (Å²) in [4.78, 5) is 31.8. The van der Waals surface area contributed by atoms with Gasteiger partial charge in [-0.1, -0.05) is 24.3 Å². The summed E-state index contributed by atoms with van der Waals surface area (Å²) >= 11 is 0. The van der Waals surface area contributed by atoms with E-state index in [0.717, 1.165) is 27.7 Å². The lowest BCUT2D eigenvalue weighted by Crippen LogP contribution is -2.32. The molecule has 0 bridgehead atoms. The van der Waals surface area contributed by atoms with Crippen molar-refractivity contribution in [3.05, 3.63) is 65.5 Å². The molecule has 30 heavy (non-hydrogen) atoms. The summed E-state index contributed by atoms with van der Waals surface area (Å²) in [6, 6.07) is 11.8. The lowest BCUT2D eigenvalue weighted by molar-refractivity contribution is -0.119. The molecule has 3 aromatic rings. The molecule has 2 aromatic heterocycles. The Morgan fingerprint density at radius 2 is 1.70 bits per heavy atom. The number of pyridine rings is 1. The average molecular weight is 408 g/mol. The number of amides is 1. The zero-order valence-electron chi connectivity index (χ0n) is 17.8. The molecule has 0 aliphatic carbocycles. The van der Waals surface area contributed by atoms with E-state index in [4.69, 9.17) is 4.74 Å². The number of nitrogens with zero attached hydrogens (tertiary/aromatic N) is 1. The molecule has 0 saturated carbocycles. The number of ether oxygens (including phenoxy) is 1. The van der Waals surface area contributed by atoms with Gasteiger partial charge in [-0.2, -0.15) is 0 Å². The lowest BCUT2D eigenvalue weighted by atomic mass is 9.98. The lowest BCUT2D eigenvalue weighted by Gasteiger charge is -2.20. The van der Waals surface area contributed by atoms with Crippen LogP contribution in [0.4, 0.5) is 4.79 Å². The van der Waals surface area contributed by atoms with Gasteiger partial charge >= 0.3 is 6.09 Å². The largest absolute Gasteiger partial charge is 0.444 e. The van der Waals surface area contributed by atoms with Crippen LogP contribution in [0.2, 0.25) is 0 Å². The van der Waals surface area contributed by atoms with Crippen LogP contribution in [0.25, 0.3) is 11.0 Å². The number of rotatable bonds is 8. The highest BCUT2D eigenvalue weighted by atomic mass is 16.6. The second-order valence-electron chi connectivity index (χ2n) is 8.37. The fourth-order valence-electron chi connectivity index (χ4n) is 3.36. The maximum absolute atomic E-state index is 12.5. The van der Waals surface area contributed by atoms with Crippen LogP contribution in [-0.4, -0.2) is 27.4 Å². The van der Waals surface area contributed by atoms with Crippen molar-refractivity contribution in [2.24, 2.45) is 0 Å². The number of nitrogens with one attached hydrogen (secondary N) is 2. The van der Waals surface area contributed by atoms with Crippen molar-refractivity contribution in [1.82, 2.24) is 15.3 Å². The summed E-state index contributed by atoms with van der Waals surface area (Å²) < 4.78 is 5.29. The van der Waals surface area contributed by atoms with Gasteiger partial charge in [0.15, 0.2) is 0 Å². The number of H-pyrrole nitrogens is 1. The number of hydrogen-bond acceptors (Lipinski definition) is 4. The van der Waals surface area contributed by atoms with Crippen LogP contribution in [-0.2, 0) is 28.9 Å². The smallest absolute Gasteiger partial charge is 0.407 e. The number of hydrogen-bond donors (Lipinski definition) is 2. The molecule has 0 atom stereocenters. The van der Waals surface area contributed by atoms with Crippen molar-refractivity contribution in [2.45, 2.75) is 58.6 Å². The zero-order valence-corrected chi connectivity index (χ0v) is 17.8. The standard InChI is InChI=1S/C24H29N3O3/c1-24(2,3)30-23(29)27-16-19-7-5-4-6-17(19)8-10-20(28)11-9-18-12-14-25-22-21(18)13-15-26-22/h4-7,12-15H,8-11,16H2,1-3H3,(H,25,26)(H,27,29). The Kier molecular flexibility index (Phi) is 6.87. The van der Waals surface area contributed by atoms with Crippen LogP contribution < -0.4 is 5.32 Å². The minimum absolute atomic E-state index is 0.227.